The number of piperidine rings is 1. The van der Waals surface area contributed by atoms with E-state index in [4.69, 9.17) is 17.3 Å². The molecule has 1 unspecified atom stereocenters. The Labute approximate surface area is 189 Å². The van der Waals surface area contributed by atoms with Gasteiger partial charge in [-0.05, 0) is 31.0 Å². The normalized spacial score (nSPS) is 16.2. The van der Waals surface area contributed by atoms with Crippen molar-refractivity contribution in [2.24, 2.45) is 11.7 Å². The van der Waals surface area contributed by atoms with Crippen LogP contribution in [0.3, 0.4) is 0 Å². The number of hydrogen-bond acceptors (Lipinski definition) is 6. The Morgan fingerprint density at radius 1 is 1.26 bits per heavy atom. The Bertz CT molecular complexity index is 1090. The predicted octanol–water partition coefficient (Wildman–Crippen LogP) is 3.74. The molecule has 31 heavy (non-hydrogen) atoms. The van der Waals surface area contributed by atoms with Crippen LogP contribution in [0.5, 0.6) is 0 Å². The van der Waals surface area contributed by atoms with Crippen molar-refractivity contribution in [1.29, 1.82) is 0 Å². The van der Waals surface area contributed by atoms with Gasteiger partial charge in [-0.15, -0.1) is 11.3 Å². The largest absolute Gasteiger partial charge is 0.369 e. The fourth-order valence-electron chi connectivity index (χ4n) is 3.58. The van der Waals surface area contributed by atoms with E-state index in [-0.39, 0.29) is 24.2 Å². The van der Waals surface area contributed by atoms with Gasteiger partial charge in [-0.3, -0.25) is 9.59 Å². The van der Waals surface area contributed by atoms with E-state index in [9.17, 15) is 9.59 Å². The highest BCUT2D eigenvalue weighted by molar-refractivity contribution is 7.13. The number of pyridine rings is 1. The third-order valence-electron chi connectivity index (χ3n) is 5.18. The molecular weight excluding hydrogens is 434 g/mol. The Morgan fingerprint density at radius 2 is 2.10 bits per heavy atom. The molecule has 0 radical (unpaired) electrons. The number of thiazole rings is 1. The highest BCUT2D eigenvalue weighted by atomic mass is 35.5. The molecule has 4 rings (SSSR count). The average molecular weight is 456 g/mol. The van der Waals surface area contributed by atoms with Crippen LogP contribution in [0.4, 0.5) is 11.5 Å². The van der Waals surface area contributed by atoms with Gasteiger partial charge in [0.2, 0.25) is 11.8 Å². The van der Waals surface area contributed by atoms with E-state index >= 15 is 0 Å². The molecule has 0 saturated carbocycles. The molecule has 0 bridgehead atoms. The number of primary amides is 1. The molecule has 1 aromatic carbocycles. The van der Waals surface area contributed by atoms with E-state index in [0.29, 0.717) is 22.9 Å². The predicted molar refractivity (Wildman–Crippen MR) is 123 cm³/mol. The van der Waals surface area contributed by atoms with E-state index < -0.39 is 0 Å². The number of anilines is 2. The molecule has 1 saturated heterocycles. The molecule has 3 aromatic rings. The zero-order valence-corrected chi connectivity index (χ0v) is 18.3. The molecule has 0 aliphatic carbocycles. The number of nitrogens with zero attached hydrogens (tertiary/aromatic N) is 3. The van der Waals surface area contributed by atoms with Crippen LogP contribution in [-0.4, -0.2) is 34.9 Å². The summed E-state index contributed by atoms with van der Waals surface area (Å²) in [5.74, 6) is 0.183. The van der Waals surface area contributed by atoms with Gasteiger partial charge < -0.3 is 16.0 Å². The summed E-state index contributed by atoms with van der Waals surface area (Å²) in [6, 6.07) is 11.2. The molecule has 2 aromatic heterocycles. The number of benzene rings is 1. The van der Waals surface area contributed by atoms with Gasteiger partial charge in [0.25, 0.3) is 0 Å². The van der Waals surface area contributed by atoms with Crippen molar-refractivity contribution in [1.82, 2.24) is 9.97 Å². The molecule has 1 aliphatic rings. The van der Waals surface area contributed by atoms with Crippen molar-refractivity contribution < 1.29 is 9.59 Å². The second-order valence-electron chi connectivity index (χ2n) is 7.44. The number of nitrogens with one attached hydrogen (secondary N) is 1. The van der Waals surface area contributed by atoms with Crippen LogP contribution in [-0.2, 0) is 16.0 Å². The summed E-state index contributed by atoms with van der Waals surface area (Å²) in [6.45, 7) is 1.41. The zero-order valence-electron chi connectivity index (χ0n) is 16.8. The van der Waals surface area contributed by atoms with Crippen LogP contribution in [0.15, 0.2) is 48.0 Å². The number of nitrogens with two attached hydrogens (primary N) is 1. The van der Waals surface area contributed by atoms with Gasteiger partial charge in [-0.1, -0.05) is 29.8 Å². The van der Waals surface area contributed by atoms with Crippen LogP contribution in [0.2, 0.25) is 5.02 Å². The minimum Gasteiger partial charge on any atom is -0.369 e. The summed E-state index contributed by atoms with van der Waals surface area (Å²) in [4.78, 5) is 34.9. The van der Waals surface area contributed by atoms with Crippen LogP contribution < -0.4 is 16.0 Å². The first-order chi connectivity index (χ1) is 15.0. The third-order valence-corrected chi connectivity index (χ3v) is 6.43. The summed E-state index contributed by atoms with van der Waals surface area (Å²) < 4.78 is 0. The van der Waals surface area contributed by atoms with Crippen LogP contribution >= 0.6 is 22.9 Å². The van der Waals surface area contributed by atoms with Crippen molar-refractivity contribution in [3.63, 3.8) is 0 Å². The van der Waals surface area contributed by atoms with Gasteiger partial charge in [0.05, 0.1) is 34.9 Å². The molecule has 1 fully saturated rings. The molecule has 9 heteroatoms. The lowest BCUT2D eigenvalue weighted by molar-refractivity contribution is -0.122. The van der Waals surface area contributed by atoms with Crippen LogP contribution in [0, 0.1) is 5.92 Å². The zero-order chi connectivity index (χ0) is 21.8. The summed E-state index contributed by atoms with van der Waals surface area (Å²) >= 11 is 7.69. The van der Waals surface area contributed by atoms with Crippen molar-refractivity contribution in [3.8, 4) is 10.6 Å². The molecule has 7 nitrogen and oxygen atoms in total. The average Bonchev–Trinajstić information content (AvgIpc) is 3.22. The lowest BCUT2D eigenvalue weighted by atomic mass is 9.97. The number of aromatic nitrogens is 2. The molecule has 3 N–H and O–H groups in total. The van der Waals surface area contributed by atoms with Crippen molar-refractivity contribution in [2.75, 3.05) is 23.3 Å². The Hall–Kier alpha value is -2.97. The first-order valence-corrected chi connectivity index (χ1v) is 11.2. The van der Waals surface area contributed by atoms with E-state index in [0.717, 1.165) is 35.8 Å². The highest BCUT2D eigenvalue weighted by Gasteiger charge is 2.24. The van der Waals surface area contributed by atoms with Gasteiger partial charge in [-0.2, -0.15) is 0 Å². The minimum atomic E-state index is -0.270. The minimum absolute atomic E-state index is 0.149. The number of carbonyl (C=O) groups excluding carboxylic acids is 2. The van der Waals surface area contributed by atoms with Gasteiger partial charge >= 0.3 is 0 Å². The third kappa shape index (κ3) is 5.21. The smallest absolute Gasteiger partial charge is 0.230 e. The first kappa shape index (κ1) is 21.3. The lowest BCUT2D eigenvalue weighted by Gasteiger charge is -2.32. The highest BCUT2D eigenvalue weighted by Crippen LogP contribution is 2.30. The van der Waals surface area contributed by atoms with E-state index in [1.807, 2.05) is 41.8 Å². The topological polar surface area (TPSA) is 101 Å². The monoisotopic (exact) mass is 455 g/mol. The molecule has 160 valence electrons. The Balaban J connectivity index is 1.35. The Morgan fingerprint density at radius 3 is 2.84 bits per heavy atom. The van der Waals surface area contributed by atoms with Gasteiger partial charge in [0, 0.05) is 24.0 Å². The van der Waals surface area contributed by atoms with Crippen molar-refractivity contribution >= 4 is 46.3 Å². The summed E-state index contributed by atoms with van der Waals surface area (Å²) in [5, 5.41) is 6.14. The fourth-order valence-corrected chi connectivity index (χ4v) is 4.72. The fraction of sp³-hybridized carbons (Fsp3) is 0.273. The molecule has 3 heterocycles. The van der Waals surface area contributed by atoms with E-state index in [2.05, 4.69) is 20.2 Å². The summed E-state index contributed by atoms with van der Waals surface area (Å²) in [5.41, 5.74) is 7.60. The molecule has 2 amide bonds. The van der Waals surface area contributed by atoms with Crippen molar-refractivity contribution in [2.45, 2.75) is 19.3 Å². The van der Waals surface area contributed by atoms with Gasteiger partial charge in [0.15, 0.2) is 0 Å². The SMILES string of the molecule is NC(=O)C1CCCN(c2ccc(NC(=O)Cc3csc(-c4ccccc4Cl)n3)cn2)C1. The van der Waals surface area contributed by atoms with Crippen molar-refractivity contribution in [3.05, 3.63) is 58.7 Å². The molecular formula is C22H22ClN5O2S. The molecule has 1 atom stereocenters. The lowest BCUT2D eigenvalue weighted by Crippen LogP contribution is -2.41. The second-order valence-corrected chi connectivity index (χ2v) is 8.71. The van der Waals surface area contributed by atoms with E-state index in [1.165, 1.54) is 11.3 Å². The number of hydrogen-bond donors (Lipinski definition) is 2. The quantitative estimate of drug-likeness (QED) is 0.589. The van der Waals surface area contributed by atoms with Crippen LogP contribution in [0.1, 0.15) is 18.5 Å². The maximum Gasteiger partial charge on any atom is 0.230 e. The number of rotatable bonds is 6. The van der Waals surface area contributed by atoms with Crippen LogP contribution in [0.25, 0.3) is 10.6 Å². The standard InChI is InChI=1S/C22H22ClN5O2S/c23-18-6-2-1-5-17(18)22-27-16(13-31-22)10-20(29)26-15-7-8-19(25-11-15)28-9-3-4-14(12-28)21(24)30/h1-2,5-8,11,13-14H,3-4,9-10,12H2,(H2,24,30)(H,26,29). The number of halogens is 1. The first-order valence-electron chi connectivity index (χ1n) is 9.99. The molecule has 0 spiro atoms. The number of carbonyl (C=O) groups is 2. The van der Waals surface area contributed by atoms with E-state index in [1.54, 1.807) is 6.20 Å². The Kier molecular flexibility index (Phi) is 6.48. The van der Waals surface area contributed by atoms with Gasteiger partial charge in [-0.25, -0.2) is 9.97 Å². The molecule has 1 aliphatic heterocycles. The maximum atomic E-state index is 12.4. The summed E-state index contributed by atoms with van der Waals surface area (Å²) in [7, 11) is 0. The summed E-state index contributed by atoms with van der Waals surface area (Å²) in [6.07, 6.45) is 3.50. The van der Waals surface area contributed by atoms with Gasteiger partial charge in [0.1, 0.15) is 10.8 Å². The second kappa shape index (κ2) is 9.45. The number of amides is 2. The maximum absolute atomic E-state index is 12.4.